The first-order valence-electron chi connectivity index (χ1n) is 5.06. The van der Waals surface area contributed by atoms with Gasteiger partial charge in [-0.1, -0.05) is 6.07 Å². The Morgan fingerprint density at radius 1 is 1.44 bits per heavy atom. The lowest BCUT2D eigenvalue weighted by Gasteiger charge is -2.14. The standard InChI is InChI=1S/C10H11N3O4S/c1-11-18(15,16)8-4-2-3-7(5-8)10-13-12-9(14)6-17-10/h2-5,11H,6H2,1H3,(H,12,14). The number of nitrogens with one attached hydrogen (secondary N) is 2. The molecule has 0 radical (unpaired) electrons. The van der Waals surface area contributed by atoms with Gasteiger partial charge in [-0.3, -0.25) is 4.79 Å². The third-order valence-corrected chi connectivity index (χ3v) is 3.69. The van der Waals surface area contributed by atoms with Crippen LogP contribution in [-0.2, 0) is 19.6 Å². The molecule has 1 aromatic rings. The highest BCUT2D eigenvalue weighted by Gasteiger charge is 2.17. The highest BCUT2D eigenvalue weighted by atomic mass is 32.2. The van der Waals surface area contributed by atoms with E-state index in [9.17, 15) is 13.2 Å². The zero-order valence-corrected chi connectivity index (χ0v) is 10.3. The van der Waals surface area contributed by atoms with Gasteiger partial charge in [-0.25, -0.2) is 18.6 Å². The Balaban J connectivity index is 2.37. The van der Waals surface area contributed by atoms with Gasteiger partial charge in [-0.05, 0) is 25.2 Å². The Bertz CT molecular complexity index is 609. The van der Waals surface area contributed by atoms with Gasteiger partial charge in [-0.2, -0.15) is 0 Å². The number of sulfonamides is 1. The van der Waals surface area contributed by atoms with E-state index >= 15 is 0 Å². The molecule has 1 aromatic carbocycles. The largest absolute Gasteiger partial charge is 0.466 e. The SMILES string of the molecule is CNS(=O)(=O)c1cccc(C2=NNC(=O)CO2)c1. The first kappa shape index (κ1) is 12.5. The van der Waals surface area contributed by atoms with Crippen molar-refractivity contribution in [3.63, 3.8) is 0 Å². The van der Waals surface area contributed by atoms with Crippen molar-refractivity contribution in [1.29, 1.82) is 0 Å². The van der Waals surface area contributed by atoms with E-state index in [2.05, 4.69) is 15.2 Å². The topological polar surface area (TPSA) is 96.9 Å². The Morgan fingerprint density at radius 2 is 2.22 bits per heavy atom. The number of benzene rings is 1. The maximum Gasteiger partial charge on any atom is 0.278 e. The Hall–Kier alpha value is -1.93. The van der Waals surface area contributed by atoms with Gasteiger partial charge in [0.2, 0.25) is 15.9 Å². The smallest absolute Gasteiger partial charge is 0.278 e. The summed E-state index contributed by atoms with van der Waals surface area (Å²) in [5.41, 5.74) is 2.74. The summed E-state index contributed by atoms with van der Waals surface area (Å²) in [5.74, 6) is -0.166. The molecule has 0 atom stereocenters. The molecule has 0 aliphatic carbocycles. The number of hydrazone groups is 1. The zero-order valence-electron chi connectivity index (χ0n) is 9.50. The quantitative estimate of drug-likeness (QED) is 0.766. The summed E-state index contributed by atoms with van der Waals surface area (Å²) in [4.78, 5) is 11.0. The second-order valence-corrected chi connectivity index (χ2v) is 5.36. The Morgan fingerprint density at radius 3 is 2.83 bits per heavy atom. The molecule has 0 aromatic heterocycles. The number of hydrogen-bond acceptors (Lipinski definition) is 5. The van der Waals surface area contributed by atoms with Crippen LogP contribution < -0.4 is 10.1 Å². The third-order valence-electron chi connectivity index (χ3n) is 2.28. The van der Waals surface area contributed by atoms with Crippen LogP contribution in [-0.4, -0.2) is 33.9 Å². The number of nitrogens with zero attached hydrogens (tertiary/aromatic N) is 1. The van der Waals surface area contributed by atoms with Crippen LogP contribution in [0.4, 0.5) is 0 Å². The minimum absolute atomic E-state index is 0.103. The first-order valence-corrected chi connectivity index (χ1v) is 6.54. The molecule has 8 heteroatoms. The highest BCUT2D eigenvalue weighted by Crippen LogP contribution is 2.13. The number of hydrogen-bond donors (Lipinski definition) is 2. The van der Waals surface area contributed by atoms with Gasteiger partial charge in [0.25, 0.3) is 5.91 Å². The van der Waals surface area contributed by atoms with Crippen molar-refractivity contribution >= 4 is 21.8 Å². The van der Waals surface area contributed by atoms with Crippen molar-refractivity contribution < 1.29 is 17.9 Å². The molecule has 1 heterocycles. The van der Waals surface area contributed by atoms with E-state index in [-0.39, 0.29) is 23.3 Å². The molecule has 1 aliphatic rings. The summed E-state index contributed by atoms with van der Waals surface area (Å²) < 4.78 is 30.6. The molecule has 0 bridgehead atoms. The second-order valence-electron chi connectivity index (χ2n) is 3.48. The van der Waals surface area contributed by atoms with Crippen LogP contribution in [0.15, 0.2) is 34.3 Å². The van der Waals surface area contributed by atoms with Gasteiger partial charge >= 0.3 is 0 Å². The Labute approximate surface area is 104 Å². The fourth-order valence-corrected chi connectivity index (χ4v) is 2.15. The maximum atomic E-state index is 11.6. The fourth-order valence-electron chi connectivity index (χ4n) is 1.37. The van der Waals surface area contributed by atoms with Gasteiger partial charge < -0.3 is 4.74 Å². The van der Waals surface area contributed by atoms with Crippen LogP contribution in [0, 0.1) is 0 Å². The lowest BCUT2D eigenvalue weighted by Crippen LogP contribution is -2.32. The average molecular weight is 269 g/mol. The van der Waals surface area contributed by atoms with Crippen molar-refractivity contribution in [2.24, 2.45) is 5.10 Å². The zero-order chi connectivity index (χ0) is 13.2. The van der Waals surface area contributed by atoms with Crippen LogP contribution in [0.25, 0.3) is 0 Å². The van der Waals surface area contributed by atoms with E-state index < -0.39 is 10.0 Å². The number of carbonyl (C=O) groups is 1. The van der Waals surface area contributed by atoms with Crippen LogP contribution in [0.2, 0.25) is 0 Å². The van der Waals surface area contributed by atoms with Crippen molar-refractivity contribution in [3.8, 4) is 0 Å². The van der Waals surface area contributed by atoms with E-state index in [0.717, 1.165) is 0 Å². The predicted octanol–water partition coefficient (Wildman–Crippen LogP) is -0.597. The van der Waals surface area contributed by atoms with Crippen molar-refractivity contribution in [3.05, 3.63) is 29.8 Å². The molecule has 1 amide bonds. The first-order chi connectivity index (χ1) is 8.53. The molecule has 18 heavy (non-hydrogen) atoms. The van der Waals surface area contributed by atoms with Crippen molar-refractivity contribution in [1.82, 2.24) is 10.1 Å². The van der Waals surface area contributed by atoms with E-state index in [1.807, 2.05) is 0 Å². The van der Waals surface area contributed by atoms with Crippen LogP contribution in [0.1, 0.15) is 5.56 Å². The number of rotatable bonds is 3. The molecule has 0 unspecified atom stereocenters. The minimum atomic E-state index is -3.52. The van der Waals surface area contributed by atoms with Gasteiger partial charge in [0.1, 0.15) is 0 Å². The number of carbonyl (C=O) groups excluding carboxylic acids is 1. The van der Waals surface area contributed by atoms with E-state index in [4.69, 9.17) is 4.74 Å². The molecule has 0 spiro atoms. The maximum absolute atomic E-state index is 11.6. The van der Waals surface area contributed by atoms with Crippen molar-refractivity contribution in [2.75, 3.05) is 13.7 Å². The molecule has 0 fully saturated rings. The van der Waals surface area contributed by atoms with E-state index in [1.165, 1.54) is 19.2 Å². The van der Waals surface area contributed by atoms with Gasteiger partial charge in [0.05, 0.1) is 4.90 Å². The van der Waals surface area contributed by atoms with E-state index in [1.54, 1.807) is 12.1 Å². The van der Waals surface area contributed by atoms with Crippen molar-refractivity contribution in [2.45, 2.75) is 4.90 Å². The predicted molar refractivity (Wildman–Crippen MR) is 63.3 cm³/mol. The third kappa shape index (κ3) is 2.49. The molecule has 1 aliphatic heterocycles. The van der Waals surface area contributed by atoms with Crippen LogP contribution >= 0.6 is 0 Å². The Kier molecular flexibility index (Phi) is 3.30. The number of amides is 1. The highest BCUT2D eigenvalue weighted by molar-refractivity contribution is 7.89. The fraction of sp³-hybridized carbons (Fsp3) is 0.200. The molecular formula is C10H11N3O4S. The molecule has 2 N–H and O–H groups in total. The summed E-state index contributed by atoms with van der Waals surface area (Å²) in [6.07, 6.45) is 0. The lowest BCUT2D eigenvalue weighted by molar-refractivity contribution is -0.124. The molecule has 2 rings (SSSR count). The van der Waals surface area contributed by atoms with Gasteiger partial charge in [0.15, 0.2) is 6.61 Å². The number of ether oxygens (including phenoxy) is 1. The summed E-state index contributed by atoms with van der Waals surface area (Å²) in [7, 11) is -2.19. The normalized spacial score (nSPS) is 15.6. The summed E-state index contributed by atoms with van der Waals surface area (Å²) in [6, 6.07) is 6.09. The molecule has 7 nitrogen and oxygen atoms in total. The minimum Gasteiger partial charge on any atom is -0.466 e. The second kappa shape index (κ2) is 4.75. The van der Waals surface area contributed by atoms with Crippen LogP contribution in [0.5, 0.6) is 0 Å². The summed E-state index contributed by atoms with van der Waals surface area (Å²) in [6.45, 7) is -0.137. The molecule has 0 saturated carbocycles. The monoisotopic (exact) mass is 269 g/mol. The molecular weight excluding hydrogens is 258 g/mol. The van der Waals surface area contributed by atoms with Gasteiger partial charge in [-0.15, -0.1) is 5.10 Å². The average Bonchev–Trinajstić information content (AvgIpc) is 2.40. The lowest BCUT2D eigenvalue weighted by atomic mass is 10.2. The summed E-state index contributed by atoms with van der Waals surface area (Å²) >= 11 is 0. The summed E-state index contributed by atoms with van der Waals surface area (Å²) in [5, 5.41) is 3.71. The molecule has 96 valence electrons. The van der Waals surface area contributed by atoms with Gasteiger partial charge in [0, 0.05) is 5.56 Å². The molecule has 0 saturated heterocycles. The van der Waals surface area contributed by atoms with E-state index in [0.29, 0.717) is 5.56 Å². The van der Waals surface area contributed by atoms with Crippen LogP contribution in [0.3, 0.4) is 0 Å².